The fraction of sp³-hybridized carbons (Fsp3) is 0.333. The first kappa shape index (κ1) is 11.4. The molecule has 0 aliphatic carbocycles. The van der Waals surface area contributed by atoms with Gasteiger partial charge in [0.2, 0.25) is 0 Å². The lowest BCUT2D eigenvalue weighted by Gasteiger charge is -2.00. The summed E-state index contributed by atoms with van der Waals surface area (Å²) in [6.45, 7) is 0. The Hall–Kier alpha value is -1.69. The van der Waals surface area contributed by atoms with Crippen LogP contribution in [0.15, 0.2) is 22.7 Å². The monoisotopic (exact) mass is 262 g/mol. The number of hydrogen-bond acceptors (Lipinski definition) is 6. The Labute approximate surface area is 109 Å². The molecule has 1 atom stereocenters. The van der Waals surface area contributed by atoms with E-state index in [1.54, 1.807) is 18.2 Å². The van der Waals surface area contributed by atoms with Gasteiger partial charge in [-0.25, -0.2) is 0 Å². The van der Waals surface area contributed by atoms with Gasteiger partial charge < -0.3 is 16.0 Å². The van der Waals surface area contributed by atoms with Crippen molar-refractivity contribution in [3.63, 3.8) is 0 Å². The van der Waals surface area contributed by atoms with Crippen LogP contribution in [0, 0.1) is 0 Å². The fourth-order valence-electron chi connectivity index (χ4n) is 2.06. The summed E-state index contributed by atoms with van der Waals surface area (Å²) in [6, 6.07) is 5.28. The molecule has 0 radical (unpaired) electrons. The number of aromatic nitrogens is 2. The van der Waals surface area contributed by atoms with Crippen LogP contribution in [0.2, 0.25) is 0 Å². The molecule has 6 heteroatoms. The van der Waals surface area contributed by atoms with E-state index >= 15 is 0 Å². The predicted molar refractivity (Wildman–Crippen MR) is 73.0 cm³/mol. The van der Waals surface area contributed by atoms with E-state index in [1.165, 1.54) is 12.2 Å². The van der Waals surface area contributed by atoms with Crippen LogP contribution in [0.1, 0.15) is 23.9 Å². The van der Waals surface area contributed by atoms with Gasteiger partial charge in [-0.15, -0.1) is 0 Å². The molecular formula is C12H14N4OS. The van der Waals surface area contributed by atoms with Crippen LogP contribution in [0.4, 0.5) is 11.4 Å². The molecule has 5 nitrogen and oxygen atoms in total. The summed E-state index contributed by atoms with van der Waals surface area (Å²) in [7, 11) is 0. The summed E-state index contributed by atoms with van der Waals surface area (Å²) < 4.78 is 5.29. The van der Waals surface area contributed by atoms with Crippen LogP contribution >= 0.6 is 11.8 Å². The van der Waals surface area contributed by atoms with Gasteiger partial charge in [-0.3, -0.25) is 0 Å². The van der Waals surface area contributed by atoms with E-state index in [4.69, 9.17) is 16.0 Å². The number of nitrogens with two attached hydrogens (primary N) is 2. The smallest absolute Gasteiger partial charge is 0.258 e. The largest absolute Gasteiger partial charge is 0.399 e. The minimum absolute atomic E-state index is 0.362. The molecule has 0 spiro atoms. The van der Waals surface area contributed by atoms with Crippen molar-refractivity contribution in [2.45, 2.75) is 18.1 Å². The number of thioether (sulfide) groups is 1. The molecule has 2 heterocycles. The molecule has 18 heavy (non-hydrogen) atoms. The summed E-state index contributed by atoms with van der Waals surface area (Å²) >= 11 is 1.88. The van der Waals surface area contributed by atoms with Gasteiger partial charge in [-0.1, -0.05) is 5.16 Å². The predicted octanol–water partition coefficient (Wildman–Crippen LogP) is 2.47. The molecule has 3 rings (SSSR count). The zero-order chi connectivity index (χ0) is 12.5. The lowest BCUT2D eigenvalue weighted by molar-refractivity contribution is 0.421. The molecule has 0 bridgehead atoms. The van der Waals surface area contributed by atoms with E-state index in [0.717, 1.165) is 17.8 Å². The van der Waals surface area contributed by atoms with Gasteiger partial charge in [0.15, 0.2) is 5.82 Å². The van der Waals surface area contributed by atoms with Crippen LogP contribution < -0.4 is 11.5 Å². The number of nitrogens with zero attached hydrogens (tertiary/aromatic N) is 2. The second kappa shape index (κ2) is 4.53. The number of hydrogen-bond donors (Lipinski definition) is 2. The van der Waals surface area contributed by atoms with Crippen LogP contribution in [-0.2, 0) is 0 Å². The van der Waals surface area contributed by atoms with Crippen LogP contribution in [0.5, 0.6) is 0 Å². The summed E-state index contributed by atoms with van der Waals surface area (Å²) in [5.74, 6) is 2.42. The number of benzene rings is 1. The van der Waals surface area contributed by atoms with Crippen LogP contribution in [-0.4, -0.2) is 15.9 Å². The standard InChI is InChI=1S/C12H14N4OS/c13-8-4-7(5-9(14)6-8)12-15-11(16-17-12)10-2-1-3-18-10/h4-6,10H,1-3,13-14H2. The highest BCUT2D eigenvalue weighted by Crippen LogP contribution is 2.39. The zero-order valence-corrected chi connectivity index (χ0v) is 10.6. The Morgan fingerprint density at radius 1 is 1.22 bits per heavy atom. The molecule has 1 saturated heterocycles. The minimum atomic E-state index is 0.362. The van der Waals surface area contributed by atoms with Gasteiger partial charge in [0.25, 0.3) is 5.89 Å². The van der Waals surface area contributed by atoms with Crippen molar-refractivity contribution in [1.82, 2.24) is 10.1 Å². The highest BCUT2D eigenvalue weighted by atomic mass is 32.2. The lowest BCUT2D eigenvalue weighted by Crippen LogP contribution is -1.93. The number of rotatable bonds is 2. The van der Waals surface area contributed by atoms with E-state index in [9.17, 15) is 0 Å². The summed E-state index contributed by atoms with van der Waals surface area (Å²) in [4.78, 5) is 4.44. The van der Waals surface area contributed by atoms with E-state index in [0.29, 0.717) is 22.5 Å². The van der Waals surface area contributed by atoms with Crippen LogP contribution in [0.25, 0.3) is 11.5 Å². The van der Waals surface area contributed by atoms with Gasteiger partial charge in [-0.05, 0) is 36.8 Å². The van der Waals surface area contributed by atoms with Gasteiger partial charge in [-0.2, -0.15) is 16.7 Å². The molecule has 1 fully saturated rings. The fourth-order valence-corrected chi connectivity index (χ4v) is 3.26. The number of anilines is 2. The van der Waals surface area contributed by atoms with Gasteiger partial charge in [0.1, 0.15) is 0 Å². The zero-order valence-electron chi connectivity index (χ0n) is 9.80. The third-order valence-electron chi connectivity index (χ3n) is 2.88. The van der Waals surface area contributed by atoms with E-state index in [-0.39, 0.29) is 0 Å². The maximum atomic E-state index is 5.75. The second-order valence-corrected chi connectivity index (χ2v) is 5.66. The Kier molecular flexibility index (Phi) is 2.87. The molecule has 0 amide bonds. The molecule has 1 aromatic heterocycles. The van der Waals surface area contributed by atoms with Crippen molar-refractivity contribution in [1.29, 1.82) is 0 Å². The molecule has 1 aliphatic rings. The van der Waals surface area contributed by atoms with E-state index in [2.05, 4.69) is 10.1 Å². The van der Waals surface area contributed by atoms with Gasteiger partial charge in [0, 0.05) is 16.9 Å². The van der Waals surface area contributed by atoms with Crippen molar-refractivity contribution in [3.05, 3.63) is 24.0 Å². The lowest BCUT2D eigenvalue weighted by atomic mass is 10.2. The topological polar surface area (TPSA) is 91.0 Å². The average molecular weight is 262 g/mol. The third kappa shape index (κ3) is 2.15. The molecular weight excluding hydrogens is 248 g/mol. The Bertz CT molecular complexity index is 543. The molecule has 1 aromatic carbocycles. The SMILES string of the molecule is Nc1cc(N)cc(-c2nc(C3CCCS3)no2)c1. The Balaban J connectivity index is 1.92. The molecule has 4 N–H and O–H groups in total. The Morgan fingerprint density at radius 3 is 2.67 bits per heavy atom. The average Bonchev–Trinajstić information content (AvgIpc) is 2.99. The molecule has 94 valence electrons. The highest BCUT2D eigenvalue weighted by Gasteiger charge is 2.23. The number of nitrogen functional groups attached to an aromatic ring is 2. The van der Waals surface area contributed by atoms with Gasteiger partial charge in [0.05, 0.1) is 5.25 Å². The maximum absolute atomic E-state index is 5.75. The molecule has 1 unspecified atom stereocenters. The first-order valence-electron chi connectivity index (χ1n) is 5.84. The normalized spacial score (nSPS) is 19.2. The quantitative estimate of drug-likeness (QED) is 0.808. The van der Waals surface area contributed by atoms with Crippen molar-refractivity contribution >= 4 is 23.1 Å². The molecule has 1 aliphatic heterocycles. The van der Waals surface area contributed by atoms with Crippen LogP contribution in [0.3, 0.4) is 0 Å². The molecule has 2 aromatic rings. The Morgan fingerprint density at radius 2 is 2.00 bits per heavy atom. The first-order chi connectivity index (χ1) is 8.72. The van der Waals surface area contributed by atoms with Gasteiger partial charge >= 0.3 is 0 Å². The van der Waals surface area contributed by atoms with Crippen molar-refractivity contribution in [3.8, 4) is 11.5 Å². The first-order valence-corrected chi connectivity index (χ1v) is 6.89. The summed E-state index contributed by atoms with van der Waals surface area (Å²) in [5, 5.41) is 4.41. The summed E-state index contributed by atoms with van der Waals surface area (Å²) in [5.41, 5.74) is 13.5. The van der Waals surface area contributed by atoms with E-state index < -0.39 is 0 Å². The summed E-state index contributed by atoms with van der Waals surface area (Å²) in [6.07, 6.45) is 2.33. The van der Waals surface area contributed by atoms with Crippen molar-refractivity contribution in [2.75, 3.05) is 17.2 Å². The van der Waals surface area contributed by atoms with Crippen molar-refractivity contribution < 1.29 is 4.52 Å². The van der Waals surface area contributed by atoms with Crippen molar-refractivity contribution in [2.24, 2.45) is 0 Å². The van der Waals surface area contributed by atoms with E-state index in [1.807, 2.05) is 11.8 Å². The second-order valence-electron chi connectivity index (χ2n) is 4.35. The molecule has 0 saturated carbocycles. The maximum Gasteiger partial charge on any atom is 0.258 e. The highest BCUT2D eigenvalue weighted by molar-refractivity contribution is 7.99. The third-order valence-corrected chi connectivity index (χ3v) is 4.26. The minimum Gasteiger partial charge on any atom is -0.399 e.